The minimum absolute atomic E-state index is 0.111. The number of fused-ring (bicyclic) bond motifs is 1. The largest absolute Gasteiger partial charge is 0.568 e. The van der Waals surface area contributed by atoms with Gasteiger partial charge in [0.25, 0.3) is 0 Å². The molecule has 0 amide bonds. The molecule has 0 bridgehead atoms. The third-order valence-corrected chi connectivity index (χ3v) is 6.24. The first-order valence-corrected chi connectivity index (χ1v) is 9.61. The molecule has 2 aromatic rings. The number of hydrogen-bond acceptors (Lipinski definition) is 7. The third-order valence-electron chi connectivity index (χ3n) is 5.71. The molecule has 2 fully saturated rings. The molecule has 148 valence electrons. The zero-order valence-electron chi connectivity index (χ0n) is 16.6. The van der Waals surface area contributed by atoms with Gasteiger partial charge in [-0.2, -0.15) is 8.75 Å². The van der Waals surface area contributed by atoms with Gasteiger partial charge < -0.3 is 18.6 Å². The van der Waals surface area contributed by atoms with Crippen LogP contribution in [-0.2, 0) is 18.6 Å². The first kappa shape index (κ1) is 19.8. The van der Waals surface area contributed by atoms with Crippen LogP contribution in [0.5, 0.6) is 0 Å². The number of nitrogens with zero attached hydrogens (tertiary/aromatic N) is 2. The Labute approximate surface area is 166 Å². The van der Waals surface area contributed by atoms with E-state index in [1.165, 1.54) is 0 Å². The highest BCUT2D eigenvalue weighted by Crippen LogP contribution is 2.37. The topological polar surface area (TPSA) is 62.7 Å². The van der Waals surface area contributed by atoms with Crippen LogP contribution in [0.3, 0.4) is 0 Å². The second-order valence-corrected chi connectivity index (χ2v) is 9.03. The summed E-state index contributed by atoms with van der Waals surface area (Å²) < 4.78 is 61.9. The second-order valence-electron chi connectivity index (χ2n) is 8.51. The van der Waals surface area contributed by atoms with Crippen molar-refractivity contribution in [2.45, 2.75) is 58.3 Å². The molecule has 2 aliphatic rings. The van der Waals surface area contributed by atoms with Crippen LogP contribution in [0.15, 0.2) is 12.3 Å². The normalized spacial score (nSPS) is 22.9. The van der Waals surface area contributed by atoms with Gasteiger partial charge in [-0.3, -0.25) is 0 Å². The Morgan fingerprint density at radius 2 is 1.29 bits per heavy atom. The van der Waals surface area contributed by atoms with Crippen LogP contribution in [0.2, 0.25) is 0 Å². The summed E-state index contributed by atoms with van der Waals surface area (Å²) >= 11 is 0.839. The molecule has 2 saturated heterocycles. The molecule has 3 heterocycles. The van der Waals surface area contributed by atoms with Crippen molar-refractivity contribution in [2.75, 3.05) is 0 Å². The first-order valence-electron chi connectivity index (χ1n) is 8.88. The van der Waals surface area contributed by atoms with Crippen molar-refractivity contribution in [1.29, 1.82) is 0 Å². The smallest absolute Gasteiger partial charge is 0.534 e. The minimum atomic E-state index is -1.17. The van der Waals surface area contributed by atoms with E-state index in [1.807, 2.05) is 27.7 Å². The predicted molar refractivity (Wildman–Crippen MR) is 104 cm³/mol. The highest BCUT2D eigenvalue weighted by Gasteiger charge is 2.54. The molecule has 1 aromatic heterocycles. The summed E-state index contributed by atoms with van der Waals surface area (Å²) in [5.41, 5.74) is -2.20. The molecule has 0 N–H and O–H groups in total. The SMILES string of the molecule is C=C1OB(c2c(F)c(F)c(B3OC(C)(C)C(C)(C)O3)c3nsnc23)OC1(C)C. The van der Waals surface area contributed by atoms with Crippen LogP contribution in [0.4, 0.5) is 8.78 Å². The fourth-order valence-electron chi connectivity index (χ4n) is 3.12. The lowest BCUT2D eigenvalue weighted by Gasteiger charge is -2.32. The number of halogens is 2. The molecule has 0 unspecified atom stereocenters. The molecule has 2 aliphatic heterocycles. The van der Waals surface area contributed by atoms with E-state index in [0.717, 1.165) is 11.7 Å². The average molecular weight is 408 g/mol. The Hall–Kier alpha value is -1.55. The summed E-state index contributed by atoms with van der Waals surface area (Å²) in [7, 11) is -2.28. The molecule has 4 rings (SSSR count). The summed E-state index contributed by atoms with van der Waals surface area (Å²) in [5.74, 6) is -1.92. The summed E-state index contributed by atoms with van der Waals surface area (Å²) in [6, 6.07) is 0. The summed E-state index contributed by atoms with van der Waals surface area (Å²) in [6.07, 6.45) is 0. The van der Waals surface area contributed by atoms with E-state index in [1.54, 1.807) is 13.8 Å². The molecule has 11 heteroatoms. The van der Waals surface area contributed by atoms with Crippen LogP contribution in [0, 0.1) is 11.6 Å². The monoisotopic (exact) mass is 408 g/mol. The van der Waals surface area contributed by atoms with E-state index >= 15 is 8.78 Å². The Balaban J connectivity index is 1.86. The van der Waals surface area contributed by atoms with Crippen LogP contribution in [0.1, 0.15) is 41.5 Å². The highest BCUT2D eigenvalue weighted by molar-refractivity contribution is 7.00. The van der Waals surface area contributed by atoms with E-state index < -0.39 is 42.7 Å². The van der Waals surface area contributed by atoms with Gasteiger partial charge in [-0.05, 0) is 41.5 Å². The summed E-state index contributed by atoms with van der Waals surface area (Å²) in [4.78, 5) is 0. The number of benzene rings is 1. The van der Waals surface area contributed by atoms with E-state index in [0.29, 0.717) is 5.76 Å². The standard InChI is InChI=1S/C17H20B2F2N2O4S/c1-8-15(2,3)25-18(24-8)9-11(20)12(21)10(14-13(9)22-28-23-14)19-26-16(4,5)17(6,7)27-19/h1H2,2-7H3. The van der Waals surface area contributed by atoms with E-state index in [-0.39, 0.29) is 22.0 Å². The maximum absolute atomic E-state index is 15.2. The highest BCUT2D eigenvalue weighted by atomic mass is 32.1. The van der Waals surface area contributed by atoms with Crippen LogP contribution >= 0.6 is 11.7 Å². The Bertz CT molecular complexity index is 979. The predicted octanol–water partition coefficient (Wildman–Crippen LogP) is 2.30. The van der Waals surface area contributed by atoms with Crippen molar-refractivity contribution < 1.29 is 27.4 Å². The van der Waals surface area contributed by atoms with Gasteiger partial charge in [0.2, 0.25) is 0 Å². The summed E-state index contributed by atoms with van der Waals surface area (Å²) in [6.45, 7) is 14.6. The number of hydrogen-bond donors (Lipinski definition) is 0. The van der Waals surface area contributed by atoms with Gasteiger partial charge >= 0.3 is 14.2 Å². The van der Waals surface area contributed by atoms with Crippen LogP contribution in [-0.4, -0.2) is 39.8 Å². The van der Waals surface area contributed by atoms with Gasteiger partial charge in [-0.1, -0.05) is 6.58 Å². The average Bonchev–Trinajstić information content (AvgIpc) is 3.17. The molecular weight excluding hydrogens is 388 g/mol. The molecule has 0 saturated carbocycles. The van der Waals surface area contributed by atoms with Gasteiger partial charge in [-0.15, -0.1) is 0 Å². The molecule has 0 radical (unpaired) electrons. The third kappa shape index (κ3) is 2.71. The van der Waals surface area contributed by atoms with Gasteiger partial charge in [0.15, 0.2) is 11.6 Å². The lowest BCUT2D eigenvalue weighted by Crippen LogP contribution is -2.44. The molecular formula is C17H20B2F2N2O4S. The van der Waals surface area contributed by atoms with Gasteiger partial charge in [-0.25, -0.2) is 8.78 Å². The van der Waals surface area contributed by atoms with Crippen molar-refractivity contribution in [3.8, 4) is 0 Å². The molecule has 0 aliphatic carbocycles. The quantitative estimate of drug-likeness (QED) is 0.712. The second kappa shape index (κ2) is 5.98. The van der Waals surface area contributed by atoms with Crippen molar-refractivity contribution in [2.24, 2.45) is 0 Å². The van der Waals surface area contributed by atoms with E-state index in [2.05, 4.69) is 15.3 Å². The van der Waals surface area contributed by atoms with Crippen LogP contribution < -0.4 is 10.9 Å². The van der Waals surface area contributed by atoms with Crippen LogP contribution in [0.25, 0.3) is 11.0 Å². The maximum atomic E-state index is 15.2. The number of aromatic nitrogens is 2. The Morgan fingerprint density at radius 3 is 1.71 bits per heavy atom. The fraction of sp³-hybridized carbons (Fsp3) is 0.529. The van der Waals surface area contributed by atoms with Crippen molar-refractivity contribution in [1.82, 2.24) is 8.75 Å². The number of rotatable bonds is 2. The lowest BCUT2D eigenvalue weighted by molar-refractivity contribution is 0.00578. The van der Waals surface area contributed by atoms with Crippen molar-refractivity contribution in [3.05, 3.63) is 24.0 Å². The molecule has 6 nitrogen and oxygen atoms in total. The van der Waals surface area contributed by atoms with Crippen molar-refractivity contribution >= 4 is 47.9 Å². The molecule has 1 aromatic carbocycles. The summed E-state index contributed by atoms with van der Waals surface area (Å²) in [5, 5.41) is 0. The molecule has 0 atom stereocenters. The van der Waals surface area contributed by atoms with Gasteiger partial charge in [0.05, 0.1) is 39.6 Å². The Morgan fingerprint density at radius 1 is 0.821 bits per heavy atom. The molecule has 0 spiro atoms. The zero-order valence-corrected chi connectivity index (χ0v) is 17.4. The van der Waals surface area contributed by atoms with E-state index in [9.17, 15) is 0 Å². The maximum Gasteiger partial charge on any atom is 0.568 e. The zero-order chi connectivity index (χ0) is 20.6. The van der Waals surface area contributed by atoms with Gasteiger partial charge in [0.1, 0.15) is 16.6 Å². The van der Waals surface area contributed by atoms with Gasteiger partial charge in [0, 0.05) is 0 Å². The Kier molecular flexibility index (Phi) is 4.22. The molecule has 28 heavy (non-hydrogen) atoms. The lowest BCUT2D eigenvalue weighted by atomic mass is 9.71. The fourth-order valence-corrected chi connectivity index (χ4v) is 3.70. The van der Waals surface area contributed by atoms with E-state index in [4.69, 9.17) is 18.6 Å². The first-order chi connectivity index (χ1) is 12.9. The minimum Gasteiger partial charge on any atom is -0.534 e. The van der Waals surface area contributed by atoms with Crippen molar-refractivity contribution in [3.63, 3.8) is 0 Å².